The molecule has 3 nitrogen and oxygen atoms in total. The Labute approximate surface area is 116 Å². The van der Waals surface area contributed by atoms with Crippen LogP contribution in [0.15, 0.2) is 18.2 Å². The van der Waals surface area contributed by atoms with E-state index in [0.29, 0.717) is 17.0 Å². The van der Waals surface area contributed by atoms with Crippen molar-refractivity contribution in [3.63, 3.8) is 0 Å². The molecule has 1 aliphatic rings. The summed E-state index contributed by atoms with van der Waals surface area (Å²) in [5.41, 5.74) is 7.08. The number of nitrogens with zero attached hydrogens (tertiary/aromatic N) is 1. The number of anilines is 1. The highest BCUT2D eigenvalue weighted by molar-refractivity contribution is 5.62. The van der Waals surface area contributed by atoms with Gasteiger partial charge in [0.25, 0.3) is 0 Å². The Kier molecular flexibility index (Phi) is 4.13. The van der Waals surface area contributed by atoms with Crippen LogP contribution in [-0.2, 0) is 0 Å². The third kappa shape index (κ3) is 3.36. The van der Waals surface area contributed by atoms with Crippen LogP contribution in [0.25, 0.3) is 0 Å². The summed E-state index contributed by atoms with van der Waals surface area (Å²) in [6, 6.07) is 4.66. The van der Waals surface area contributed by atoms with E-state index >= 15 is 0 Å². The van der Waals surface area contributed by atoms with Crippen LogP contribution < -0.4 is 15.4 Å². The maximum absolute atomic E-state index is 12.8. The quantitative estimate of drug-likeness (QED) is 0.904. The molecule has 0 radical (unpaired) electrons. The molecule has 0 spiro atoms. The van der Waals surface area contributed by atoms with Gasteiger partial charge in [-0.25, -0.2) is 0 Å². The summed E-state index contributed by atoms with van der Waals surface area (Å²) in [7, 11) is 1.50. The van der Waals surface area contributed by atoms with Crippen LogP contribution in [0, 0.1) is 0 Å². The van der Waals surface area contributed by atoms with E-state index in [4.69, 9.17) is 10.5 Å². The lowest BCUT2D eigenvalue weighted by Gasteiger charge is -2.30. The van der Waals surface area contributed by atoms with Crippen molar-refractivity contribution >= 4 is 5.69 Å². The number of ether oxygens (including phenoxy) is 1. The average molecular weight is 288 g/mol. The summed E-state index contributed by atoms with van der Waals surface area (Å²) in [5, 5.41) is 0. The zero-order valence-corrected chi connectivity index (χ0v) is 11.6. The molecule has 6 heteroatoms. The number of hydrogen-bond acceptors (Lipinski definition) is 3. The van der Waals surface area contributed by atoms with Crippen molar-refractivity contribution in [1.82, 2.24) is 0 Å². The molecular weight excluding hydrogens is 269 g/mol. The van der Waals surface area contributed by atoms with Gasteiger partial charge in [-0.2, -0.15) is 13.2 Å². The van der Waals surface area contributed by atoms with Gasteiger partial charge in [0.2, 0.25) is 0 Å². The molecule has 0 saturated heterocycles. The summed E-state index contributed by atoms with van der Waals surface area (Å²) >= 11 is 0. The van der Waals surface area contributed by atoms with E-state index in [2.05, 4.69) is 0 Å². The average Bonchev–Trinajstić information content (AvgIpc) is 3.18. The van der Waals surface area contributed by atoms with E-state index in [1.807, 2.05) is 0 Å². The van der Waals surface area contributed by atoms with E-state index in [1.54, 1.807) is 25.1 Å². The van der Waals surface area contributed by atoms with Gasteiger partial charge in [0, 0.05) is 23.3 Å². The molecule has 20 heavy (non-hydrogen) atoms. The maximum Gasteiger partial charge on any atom is 0.405 e. The van der Waals surface area contributed by atoms with Gasteiger partial charge in [0.1, 0.15) is 12.3 Å². The molecule has 0 heterocycles. The fourth-order valence-corrected chi connectivity index (χ4v) is 2.41. The Hall–Kier alpha value is -1.43. The van der Waals surface area contributed by atoms with Gasteiger partial charge in [0.15, 0.2) is 0 Å². The number of rotatable bonds is 5. The first-order valence-electron chi connectivity index (χ1n) is 6.59. The SMILES string of the molecule is COc1cccc(N(CC(F)(F)F)C2CC2)c1[C@H](C)N. The number of hydrogen-bond donors (Lipinski definition) is 1. The summed E-state index contributed by atoms with van der Waals surface area (Å²) in [5.74, 6) is 0.533. The van der Waals surface area contributed by atoms with E-state index in [9.17, 15) is 13.2 Å². The summed E-state index contributed by atoms with van der Waals surface area (Å²) in [6.07, 6.45) is -2.67. The first kappa shape index (κ1) is 15.0. The highest BCUT2D eigenvalue weighted by Crippen LogP contribution is 2.40. The van der Waals surface area contributed by atoms with Crippen LogP contribution in [0.5, 0.6) is 5.75 Å². The van der Waals surface area contributed by atoms with E-state index < -0.39 is 18.8 Å². The van der Waals surface area contributed by atoms with Crippen LogP contribution in [-0.4, -0.2) is 25.9 Å². The third-order valence-electron chi connectivity index (χ3n) is 3.37. The lowest BCUT2D eigenvalue weighted by Crippen LogP contribution is -2.37. The van der Waals surface area contributed by atoms with Crippen LogP contribution in [0.1, 0.15) is 31.4 Å². The van der Waals surface area contributed by atoms with Gasteiger partial charge in [-0.1, -0.05) is 6.07 Å². The molecule has 0 amide bonds. The Morgan fingerprint density at radius 3 is 2.50 bits per heavy atom. The molecule has 0 aliphatic heterocycles. The van der Waals surface area contributed by atoms with Crippen molar-refractivity contribution in [2.45, 2.75) is 38.0 Å². The first-order chi connectivity index (χ1) is 9.33. The third-order valence-corrected chi connectivity index (χ3v) is 3.37. The van der Waals surface area contributed by atoms with Gasteiger partial charge in [0.05, 0.1) is 7.11 Å². The second-order valence-electron chi connectivity index (χ2n) is 5.16. The van der Waals surface area contributed by atoms with Gasteiger partial charge >= 0.3 is 6.18 Å². The molecule has 0 unspecified atom stereocenters. The van der Waals surface area contributed by atoms with Crippen molar-refractivity contribution in [3.05, 3.63) is 23.8 Å². The topological polar surface area (TPSA) is 38.5 Å². The fraction of sp³-hybridized carbons (Fsp3) is 0.571. The predicted octanol–water partition coefficient (Wildman–Crippen LogP) is 3.25. The molecule has 1 aliphatic carbocycles. The number of halogens is 3. The van der Waals surface area contributed by atoms with Gasteiger partial charge in [-0.15, -0.1) is 0 Å². The Morgan fingerprint density at radius 2 is 2.05 bits per heavy atom. The molecule has 1 atom stereocenters. The minimum atomic E-state index is -4.24. The van der Waals surface area contributed by atoms with Crippen LogP contribution in [0.3, 0.4) is 0 Å². The number of methoxy groups -OCH3 is 1. The van der Waals surface area contributed by atoms with E-state index in [-0.39, 0.29) is 6.04 Å². The number of nitrogens with two attached hydrogens (primary N) is 1. The monoisotopic (exact) mass is 288 g/mol. The highest BCUT2D eigenvalue weighted by atomic mass is 19.4. The number of alkyl halides is 3. The van der Waals surface area contributed by atoms with Crippen LogP contribution in [0.2, 0.25) is 0 Å². The van der Waals surface area contributed by atoms with Gasteiger partial charge < -0.3 is 15.4 Å². The standard InChI is InChI=1S/C14H19F3N2O/c1-9(18)13-11(4-3-5-12(13)20-2)19(10-6-7-10)8-14(15,16)17/h3-5,9-10H,6-8,18H2,1-2H3/t9-/m0/s1. The lowest BCUT2D eigenvalue weighted by atomic mass is 10.0. The molecule has 1 aromatic carbocycles. The second kappa shape index (κ2) is 5.52. The zero-order chi connectivity index (χ0) is 14.9. The smallest absolute Gasteiger partial charge is 0.405 e. The minimum Gasteiger partial charge on any atom is -0.496 e. The Morgan fingerprint density at radius 1 is 1.40 bits per heavy atom. The lowest BCUT2D eigenvalue weighted by molar-refractivity contribution is -0.120. The summed E-state index contributed by atoms with van der Waals surface area (Å²) < 4.78 is 43.6. The molecule has 0 bridgehead atoms. The molecule has 112 valence electrons. The normalized spacial score (nSPS) is 16.9. The molecule has 1 aromatic rings. The molecule has 2 N–H and O–H groups in total. The summed E-state index contributed by atoms with van der Waals surface area (Å²) in [6.45, 7) is 0.796. The van der Waals surface area contributed by atoms with Crippen LogP contribution >= 0.6 is 0 Å². The molecule has 2 rings (SSSR count). The minimum absolute atomic E-state index is 0.0544. The van der Waals surface area contributed by atoms with Crippen molar-refractivity contribution < 1.29 is 17.9 Å². The largest absolute Gasteiger partial charge is 0.496 e. The highest BCUT2D eigenvalue weighted by Gasteiger charge is 2.39. The Bertz CT molecular complexity index is 470. The Balaban J connectivity index is 2.42. The zero-order valence-electron chi connectivity index (χ0n) is 11.6. The fourth-order valence-electron chi connectivity index (χ4n) is 2.41. The van der Waals surface area contributed by atoms with Crippen molar-refractivity contribution in [2.75, 3.05) is 18.6 Å². The molecular formula is C14H19F3N2O. The molecule has 1 saturated carbocycles. The first-order valence-corrected chi connectivity index (χ1v) is 6.59. The van der Waals surface area contributed by atoms with Crippen molar-refractivity contribution in [1.29, 1.82) is 0 Å². The van der Waals surface area contributed by atoms with Crippen molar-refractivity contribution in [2.24, 2.45) is 5.73 Å². The van der Waals surface area contributed by atoms with Gasteiger partial charge in [-0.3, -0.25) is 0 Å². The predicted molar refractivity (Wildman–Crippen MR) is 72.0 cm³/mol. The second-order valence-corrected chi connectivity index (χ2v) is 5.16. The molecule has 0 aromatic heterocycles. The number of benzene rings is 1. The van der Waals surface area contributed by atoms with E-state index in [0.717, 1.165) is 12.8 Å². The summed E-state index contributed by atoms with van der Waals surface area (Å²) in [4.78, 5) is 1.40. The molecule has 1 fully saturated rings. The van der Waals surface area contributed by atoms with Crippen molar-refractivity contribution in [3.8, 4) is 5.75 Å². The van der Waals surface area contributed by atoms with E-state index in [1.165, 1.54) is 12.0 Å². The maximum atomic E-state index is 12.8. The van der Waals surface area contributed by atoms with Gasteiger partial charge in [-0.05, 0) is 31.9 Å². The van der Waals surface area contributed by atoms with Crippen LogP contribution in [0.4, 0.5) is 18.9 Å².